The number of pyridine rings is 1. The van der Waals surface area contributed by atoms with Gasteiger partial charge in [0.05, 0.1) is 6.61 Å². The Bertz CT molecular complexity index is 493. The molecule has 7 heteroatoms. The second kappa shape index (κ2) is 5.55. The Balaban J connectivity index is 2.95. The highest BCUT2D eigenvalue weighted by molar-refractivity contribution is 7.89. The number of hydrogen-bond acceptors (Lipinski definition) is 5. The average molecular weight is 241 g/mol. The summed E-state index contributed by atoms with van der Waals surface area (Å²) in [6.45, 7) is 0.417. The van der Waals surface area contributed by atoms with Crippen LogP contribution in [0.15, 0.2) is 23.2 Å². The number of nitriles is 1. The van der Waals surface area contributed by atoms with Gasteiger partial charge in [-0.2, -0.15) is 5.26 Å². The van der Waals surface area contributed by atoms with Crippen molar-refractivity contribution in [3.63, 3.8) is 0 Å². The molecular weight excluding hydrogens is 230 g/mol. The van der Waals surface area contributed by atoms with Crippen molar-refractivity contribution in [3.05, 3.63) is 24.0 Å². The molecule has 0 spiro atoms. The number of nitrogens with one attached hydrogen (secondary N) is 1. The van der Waals surface area contributed by atoms with Gasteiger partial charge in [0.25, 0.3) is 0 Å². The lowest BCUT2D eigenvalue weighted by atomic mass is 10.4. The Labute approximate surface area is 93.9 Å². The summed E-state index contributed by atoms with van der Waals surface area (Å²) < 4.78 is 30.5. The van der Waals surface area contributed by atoms with E-state index in [0.29, 0.717) is 0 Å². The number of ether oxygens (including phenoxy) is 1. The molecule has 0 aliphatic rings. The van der Waals surface area contributed by atoms with Gasteiger partial charge in [0, 0.05) is 19.9 Å². The van der Waals surface area contributed by atoms with Gasteiger partial charge in [-0.1, -0.05) is 0 Å². The highest BCUT2D eigenvalue weighted by Crippen LogP contribution is 2.10. The van der Waals surface area contributed by atoms with Crippen molar-refractivity contribution < 1.29 is 13.2 Å². The molecule has 1 aromatic rings. The third kappa shape index (κ3) is 3.00. The van der Waals surface area contributed by atoms with E-state index in [0.717, 1.165) is 0 Å². The molecule has 0 aromatic carbocycles. The molecular formula is C9H11N3O3S. The van der Waals surface area contributed by atoms with Crippen LogP contribution in [0.5, 0.6) is 0 Å². The maximum atomic E-state index is 11.7. The third-order valence-electron chi connectivity index (χ3n) is 1.76. The van der Waals surface area contributed by atoms with Crippen LogP contribution in [0.4, 0.5) is 0 Å². The summed E-state index contributed by atoms with van der Waals surface area (Å²) in [7, 11) is -2.22. The summed E-state index contributed by atoms with van der Waals surface area (Å²) in [5.74, 6) is 0. The lowest BCUT2D eigenvalue weighted by molar-refractivity contribution is 0.204. The fraction of sp³-hybridized carbons (Fsp3) is 0.333. The Morgan fingerprint density at radius 1 is 1.62 bits per heavy atom. The van der Waals surface area contributed by atoms with Gasteiger partial charge >= 0.3 is 0 Å². The fourth-order valence-corrected chi connectivity index (χ4v) is 2.17. The van der Waals surface area contributed by atoms with Crippen molar-refractivity contribution in [1.29, 1.82) is 5.26 Å². The van der Waals surface area contributed by atoms with Crippen LogP contribution in [0, 0.1) is 11.3 Å². The zero-order valence-electron chi connectivity index (χ0n) is 8.67. The Kier molecular flexibility index (Phi) is 4.37. The fourth-order valence-electron chi connectivity index (χ4n) is 1.05. The molecule has 1 heterocycles. The molecule has 0 radical (unpaired) electrons. The minimum absolute atomic E-state index is 0.117. The maximum Gasteiger partial charge on any atom is 0.243 e. The number of rotatable bonds is 5. The van der Waals surface area contributed by atoms with Gasteiger partial charge in [-0.15, -0.1) is 0 Å². The summed E-state index contributed by atoms with van der Waals surface area (Å²) in [4.78, 5) is 3.56. The minimum atomic E-state index is -3.69. The van der Waals surface area contributed by atoms with Gasteiger partial charge in [0.2, 0.25) is 10.0 Å². The smallest absolute Gasteiger partial charge is 0.243 e. The van der Waals surface area contributed by atoms with Gasteiger partial charge in [0.1, 0.15) is 11.0 Å². The lowest BCUT2D eigenvalue weighted by Crippen LogP contribution is -2.28. The molecule has 0 fully saturated rings. The second-order valence-corrected chi connectivity index (χ2v) is 4.59. The summed E-state index contributed by atoms with van der Waals surface area (Å²) in [5.41, 5.74) is -0.118. The molecule has 0 amide bonds. The van der Waals surface area contributed by atoms with E-state index in [2.05, 4.69) is 9.71 Å². The molecule has 86 valence electrons. The summed E-state index contributed by atoms with van der Waals surface area (Å²) >= 11 is 0. The Morgan fingerprint density at radius 2 is 2.38 bits per heavy atom. The van der Waals surface area contributed by atoms with Crippen molar-refractivity contribution in [2.24, 2.45) is 0 Å². The number of methoxy groups -OCH3 is 1. The lowest BCUT2D eigenvalue weighted by Gasteiger charge is -2.06. The van der Waals surface area contributed by atoms with Crippen LogP contribution < -0.4 is 4.72 Å². The van der Waals surface area contributed by atoms with E-state index in [1.54, 1.807) is 6.07 Å². The molecule has 0 aliphatic carbocycles. The molecule has 0 aliphatic heterocycles. The van der Waals surface area contributed by atoms with Crippen LogP contribution >= 0.6 is 0 Å². The highest BCUT2D eigenvalue weighted by Gasteiger charge is 2.18. The van der Waals surface area contributed by atoms with Crippen LogP contribution in [-0.2, 0) is 14.8 Å². The topological polar surface area (TPSA) is 92.1 Å². The first-order valence-electron chi connectivity index (χ1n) is 4.45. The molecule has 16 heavy (non-hydrogen) atoms. The van der Waals surface area contributed by atoms with Gasteiger partial charge in [-0.05, 0) is 12.1 Å². The van der Waals surface area contributed by atoms with E-state index < -0.39 is 10.0 Å². The van der Waals surface area contributed by atoms with Crippen molar-refractivity contribution in [2.45, 2.75) is 4.90 Å². The molecule has 1 N–H and O–H groups in total. The molecule has 6 nitrogen and oxygen atoms in total. The summed E-state index contributed by atoms with van der Waals surface area (Å²) in [6.07, 6.45) is 1.37. The first-order valence-corrected chi connectivity index (χ1v) is 5.94. The molecule has 0 saturated carbocycles. The standard InChI is InChI=1S/C9H11N3O3S/c1-15-6-5-12-16(13,14)9-3-2-4-11-8(9)7-10/h2-4,12H,5-6H2,1H3. The van der Waals surface area contributed by atoms with E-state index in [1.165, 1.54) is 25.4 Å². The normalized spacial score (nSPS) is 11.0. The van der Waals surface area contributed by atoms with Gasteiger partial charge in [-0.25, -0.2) is 18.1 Å². The molecule has 1 aromatic heterocycles. The van der Waals surface area contributed by atoms with Crippen LogP contribution in [0.3, 0.4) is 0 Å². The first kappa shape index (κ1) is 12.6. The van der Waals surface area contributed by atoms with E-state index >= 15 is 0 Å². The van der Waals surface area contributed by atoms with Crippen molar-refractivity contribution in [2.75, 3.05) is 20.3 Å². The van der Waals surface area contributed by atoms with Crippen molar-refractivity contribution in [3.8, 4) is 6.07 Å². The SMILES string of the molecule is COCCNS(=O)(=O)c1cccnc1C#N. The third-order valence-corrected chi connectivity index (χ3v) is 3.26. The second-order valence-electron chi connectivity index (χ2n) is 2.85. The van der Waals surface area contributed by atoms with Crippen LogP contribution in [0.2, 0.25) is 0 Å². The monoisotopic (exact) mass is 241 g/mol. The van der Waals surface area contributed by atoms with Crippen molar-refractivity contribution in [1.82, 2.24) is 9.71 Å². The van der Waals surface area contributed by atoms with E-state index in [9.17, 15) is 8.42 Å². The molecule has 0 unspecified atom stereocenters. The number of hydrogen-bond donors (Lipinski definition) is 1. The summed E-state index contributed by atoms with van der Waals surface area (Å²) in [6, 6.07) is 4.53. The largest absolute Gasteiger partial charge is 0.383 e. The predicted molar refractivity (Wildman–Crippen MR) is 56.0 cm³/mol. The highest BCUT2D eigenvalue weighted by atomic mass is 32.2. The maximum absolute atomic E-state index is 11.7. The van der Waals surface area contributed by atoms with Crippen LogP contribution in [0.25, 0.3) is 0 Å². The minimum Gasteiger partial charge on any atom is -0.383 e. The predicted octanol–water partition coefficient (Wildman–Crippen LogP) is -0.122. The Hall–Kier alpha value is -1.49. The van der Waals surface area contributed by atoms with Gasteiger partial charge in [0.15, 0.2) is 5.69 Å². The molecule has 0 bridgehead atoms. The van der Waals surface area contributed by atoms with Gasteiger partial charge in [-0.3, -0.25) is 0 Å². The van der Waals surface area contributed by atoms with Gasteiger partial charge < -0.3 is 4.74 Å². The van der Waals surface area contributed by atoms with Crippen LogP contribution in [-0.4, -0.2) is 33.7 Å². The summed E-state index contributed by atoms with van der Waals surface area (Å²) in [5, 5.41) is 8.72. The van der Waals surface area contributed by atoms with E-state index in [-0.39, 0.29) is 23.7 Å². The quantitative estimate of drug-likeness (QED) is 0.725. The zero-order chi connectivity index (χ0) is 12.0. The van der Waals surface area contributed by atoms with Crippen LogP contribution in [0.1, 0.15) is 5.69 Å². The van der Waals surface area contributed by atoms with E-state index in [1.807, 2.05) is 0 Å². The average Bonchev–Trinajstić information content (AvgIpc) is 2.29. The molecule has 1 rings (SSSR count). The van der Waals surface area contributed by atoms with Crippen molar-refractivity contribution >= 4 is 10.0 Å². The van der Waals surface area contributed by atoms with E-state index in [4.69, 9.17) is 10.00 Å². The number of sulfonamides is 1. The molecule has 0 saturated heterocycles. The Morgan fingerprint density at radius 3 is 3.00 bits per heavy atom. The molecule has 0 atom stereocenters. The first-order chi connectivity index (χ1) is 7.61. The number of nitrogens with zero attached hydrogens (tertiary/aromatic N) is 2. The number of aromatic nitrogens is 1. The zero-order valence-corrected chi connectivity index (χ0v) is 9.49.